The van der Waals surface area contributed by atoms with E-state index in [0.717, 1.165) is 0 Å². The van der Waals surface area contributed by atoms with E-state index < -0.39 is 0 Å². The highest BCUT2D eigenvalue weighted by atomic mass is 14.6. The van der Waals surface area contributed by atoms with Crippen molar-refractivity contribution in [2.45, 2.75) is 39.5 Å². The summed E-state index contributed by atoms with van der Waals surface area (Å²) in [4.78, 5) is 0. The highest BCUT2D eigenvalue weighted by Crippen LogP contribution is 2.65. The van der Waals surface area contributed by atoms with Crippen molar-refractivity contribution in [3.05, 3.63) is 0 Å². The molecule has 3 rings (SSSR count). The topological polar surface area (TPSA) is 0 Å². The lowest BCUT2D eigenvalue weighted by Gasteiger charge is -2.04. The summed E-state index contributed by atoms with van der Waals surface area (Å²) >= 11 is 0. The first-order valence-corrected chi connectivity index (χ1v) is 4.95. The summed E-state index contributed by atoms with van der Waals surface area (Å²) in [5.41, 5.74) is 0. The van der Waals surface area contributed by atoms with Gasteiger partial charge in [0.05, 0.1) is 0 Å². The molecule has 0 amide bonds. The van der Waals surface area contributed by atoms with Gasteiger partial charge in [0.1, 0.15) is 0 Å². The fourth-order valence-corrected chi connectivity index (χ4v) is 2.68. The molecular formula is C10H18. The van der Waals surface area contributed by atoms with E-state index in [4.69, 9.17) is 0 Å². The Morgan fingerprint density at radius 2 is 1.20 bits per heavy atom. The number of hydrogen-bond acceptors (Lipinski definition) is 0. The van der Waals surface area contributed by atoms with E-state index in [-0.39, 0.29) is 0 Å². The molecule has 4 atom stereocenters. The van der Waals surface area contributed by atoms with Gasteiger partial charge in [0.15, 0.2) is 0 Å². The monoisotopic (exact) mass is 138 g/mol. The lowest BCUT2D eigenvalue weighted by Crippen LogP contribution is -1.96. The SMILES string of the molecule is C1CC2CC2C2CC12.CC. The molecule has 0 bridgehead atoms. The Bertz CT molecular complexity index is 112. The van der Waals surface area contributed by atoms with Crippen LogP contribution in [-0.2, 0) is 0 Å². The van der Waals surface area contributed by atoms with Crippen molar-refractivity contribution in [2.75, 3.05) is 0 Å². The molecule has 0 N–H and O–H groups in total. The molecule has 0 heteroatoms. The van der Waals surface area contributed by atoms with Crippen molar-refractivity contribution in [3.63, 3.8) is 0 Å². The molecule has 3 fully saturated rings. The summed E-state index contributed by atoms with van der Waals surface area (Å²) < 4.78 is 0. The zero-order valence-corrected chi connectivity index (χ0v) is 7.14. The zero-order chi connectivity index (χ0) is 7.14. The van der Waals surface area contributed by atoms with Crippen molar-refractivity contribution >= 4 is 0 Å². The second-order valence-electron chi connectivity index (χ2n) is 3.90. The zero-order valence-electron chi connectivity index (χ0n) is 7.14. The van der Waals surface area contributed by atoms with Gasteiger partial charge in [-0.1, -0.05) is 13.8 Å². The van der Waals surface area contributed by atoms with Crippen LogP contribution >= 0.6 is 0 Å². The Labute approximate surface area is 64.0 Å². The largest absolute Gasteiger partial charge is 0.0683 e. The van der Waals surface area contributed by atoms with Crippen LogP contribution in [0.5, 0.6) is 0 Å². The van der Waals surface area contributed by atoms with Crippen molar-refractivity contribution < 1.29 is 0 Å². The van der Waals surface area contributed by atoms with Crippen molar-refractivity contribution in [1.82, 2.24) is 0 Å². The number of fused-ring (bicyclic) bond motifs is 3. The molecule has 10 heavy (non-hydrogen) atoms. The predicted octanol–water partition coefficient (Wildman–Crippen LogP) is 3.08. The summed E-state index contributed by atoms with van der Waals surface area (Å²) in [6, 6.07) is 0. The molecule has 3 aliphatic rings. The summed E-state index contributed by atoms with van der Waals surface area (Å²) in [5, 5.41) is 0. The molecule has 0 aromatic carbocycles. The van der Waals surface area contributed by atoms with Crippen molar-refractivity contribution in [2.24, 2.45) is 23.7 Å². The maximum absolute atomic E-state index is 2.00. The molecular weight excluding hydrogens is 120 g/mol. The fourth-order valence-electron chi connectivity index (χ4n) is 2.68. The molecule has 0 saturated heterocycles. The third kappa shape index (κ3) is 0.889. The quantitative estimate of drug-likeness (QED) is 0.482. The fraction of sp³-hybridized carbons (Fsp3) is 1.00. The Kier molecular flexibility index (Phi) is 1.51. The highest BCUT2D eigenvalue weighted by Gasteiger charge is 2.56. The number of rotatable bonds is 0. The summed E-state index contributed by atoms with van der Waals surface area (Å²) in [5.74, 6) is 4.93. The Hall–Kier alpha value is 0. The molecule has 0 aromatic rings. The molecule has 3 aliphatic carbocycles. The first-order chi connectivity index (χ1) is 4.95. The molecule has 3 saturated carbocycles. The predicted molar refractivity (Wildman–Crippen MR) is 43.8 cm³/mol. The first-order valence-electron chi connectivity index (χ1n) is 4.95. The van der Waals surface area contributed by atoms with E-state index in [1.54, 1.807) is 25.7 Å². The second kappa shape index (κ2) is 2.25. The number of hydrogen-bond donors (Lipinski definition) is 0. The van der Waals surface area contributed by atoms with Gasteiger partial charge in [0.2, 0.25) is 0 Å². The van der Waals surface area contributed by atoms with Crippen LogP contribution in [0.2, 0.25) is 0 Å². The molecule has 0 aliphatic heterocycles. The molecule has 0 aromatic heterocycles. The molecule has 4 unspecified atom stereocenters. The third-order valence-corrected chi connectivity index (χ3v) is 3.41. The Morgan fingerprint density at radius 3 is 1.60 bits per heavy atom. The molecule has 0 heterocycles. The van der Waals surface area contributed by atoms with E-state index in [1.165, 1.54) is 23.7 Å². The lowest BCUT2D eigenvalue weighted by molar-refractivity contribution is 0.456. The minimum Gasteiger partial charge on any atom is -0.0683 e. The van der Waals surface area contributed by atoms with Gasteiger partial charge in [-0.05, 0) is 49.4 Å². The van der Waals surface area contributed by atoms with E-state index in [9.17, 15) is 0 Å². The molecule has 0 radical (unpaired) electrons. The van der Waals surface area contributed by atoms with Crippen molar-refractivity contribution in [3.8, 4) is 0 Å². The molecule has 58 valence electrons. The van der Waals surface area contributed by atoms with E-state index >= 15 is 0 Å². The van der Waals surface area contributed by atoms with Gasteiger partial charge >= 0.3 is 0 Å². The van der Waals surface area contributed by atoms with E-state index in [2.05, 4.69) is 0 Å². The van der Waals surface area contributed by atoms with Crippen LogP contribution in [0, 0.1) is 23.7 Å². The summed E-state index contributed by atoms with van der Waals surface area (Å²) in [6.45, 7) is 4.00. The van der Waals surface area contributed by atoms with Crippen LogP contribution in [0.1, 0.15) is 39.5 Å². The van der Waals surface area contributed by atoms with Gasteiger partial charge in [0, 0.05) is 0 Å². The van der Waals surface area contributed by atoms with Crippen LogP contribution in [-0.4, -0.2) is 0 Å². The van der Waals surface area contributed by atoms with E-state index in [1.807, 2.05) is 13.8 Å². The standard InChI is InChI=1S/C8H12.C2H6/c1-2-6-4-8(6)7-3-5(1)7;1-2/h5-8H,1-4H2;1-2H3. The first kappa shape index (κ1) is 6.69. The lowest BCUT2D eigenvalue weighted by atomic mass is 10.0. The smallest absolute Gasteiger partial charge is 0.0352 e. The maximum atomic E-state index is 2.00. The van der Waals surface area contributed by atoms with Gasteiger partial charge < -0.3 is 0 Å². The average molecular weight is 138 g/mol. The minimum atomic E-state index is 1.22. The van der Waals surface area contributed by atoms with Gasteiger partial charge in [-0.25, -0.2) is 0 Å². The maximum Gasteiger partial charge on any atom is -0.0352 e. The Morgan fingerprint density at radius 1 is 0.800 bits per heavy atom. The van der Waals surface area contributed by atoms with Crippen LogP contribution in [0.4, 0.5) is 0 Å². The van der Waals surface area contributed by atoms with Crippen LogP contribution in [0.15, 0.2) is 0 Å². The minimum absolute atomic E-state index is 1.22. The normalized spacial score (nSPS) is 53.4. The molecule has 0 spiro atoms. The second-order valence-corrected chi connectivity index (χ2v) is 3.90. The summed E-state index contributed by atoms with van der Waals surface area (Å²) in [7, 11) is 0. The van der Waals surface area contributed by atoms with Gasteiger partial charge in [-0.15, -0.1) is 0 Å². The van der Waals surface area contributed by atoms with Crippen LogP contribution in [0.25, 0.3) is 0 Å². The van der Waals surface area contributed by atoms with Gasteiger partial charge in [-0.3, -0.25) is 0 Å². The average Bonchev–Trinajstić information content (AvgIpc) is 2.85. The van der Waals surface area contributed by atoms with Gasteiger partial charge in [0.25, 0.3) is 0 Å². The highest BCUT2D eigenvalue weighted by molar-refractivity contribution is 5.06. The van der Waals surface area contributed by atoms with Crippen LogP contribution < -0.4 is 0 Å². The third-order valence-electron chi connectivity index (χ3n) is 3.41. The Balaban J connectivity index is 0.000000188. The van der Waals surface area contributed by atoms with Crippen molar-refractivity contribution in [1.29, 1.82) is 0 Å². The van der Waals surface area contributed by atoms with Crippen LogP contribution in [0.3, 0.4) is 0 Å². The summed E-state index contributed by atoms with van der Waals surface area (Å²) in [6.07, 6.45) is 6.40. The van der Waals surface area contributed by atoms with E-state index in [0.29, 0.717) is 0 Å². The molecule has 0 nitrogen and oxygen atoms in total. The van der Waals surface area contributed by atoms with Gasteiger partial charge in [-0.2, -0.15) is 0 Å².